The van der Waals surface area contributed by atoms with Gasteiger partial charge in [0, 0.05) is 19.1 Å². The van der Waals surface area contributed by atoms with Gasteiger partial charge in [0.25, 0.3) is 0 Å². The summed E-state index contributed by atoms with van der Waals surface area (Å²) in [6.45, 7) is 5.55. The van der Waals surface area contributed by atoms with Crippen LogP contribution >= 0.6 is 0 Å². The van der Waals surface area contributed by atoms with Crippen molar-refractivity contribution in [3.8, 4) is 0 Å². The van der Waals surface area contributed by atoms with Gasteiger partial charge in [0.2, 0.25) is 0 Å². The van der Waals surface area contributed by atoms with Gasteiger partial charge in [0.05, 0.1) is 12.2 Å². The van der Waals surface area contributed by atoms with Crippen molar-refractivity contribution in [1.82, 2.24) is 4.90 Å². The molecule has 1 unspecified atom stereocenters. The minimum absolute atomic E-state index is 0.488. The number of aliphatic hydroxyl groups excluding tert-OH is 2. The third-order valence-corrected chi connectivity index (χ3v) is 2.62. The molecule has 1 aliphatic rings. The summed E-state index contributed by atoms with van der Waals surface area (Å²) in [7, 11) is 0. The Labute approximate surface area is 74.0 Å². The highest BCUT2D eigenvalue weighted by Crippen LogP contribution is 2.15. The van der Waals surface area contributed by atoms with E-state index in [4.69, 9.17) is 0 Å². The zero-order valence-corrected chi connectivity index (χ0v) is 7.90. The first-order chi connectivity index (χ1) is 5.65. The van der Waals surface area contributed by atoms with Gasteiger partial charge in [-0.1, -0.05) is 13.3 Å². The van der Waals surface area contributed by atoms with Crippen molar-refractivity contribution in [3.63, 3.8) is 0 Å². The van der Waals surface area contributed by atoms with Crippen LogP contribution < -0.4 is 0 Å². The highest BCUT2D eigenvalue weighted by Gasteiger charge is 2.31. The Morgan fingerprint density at radius 1 is 1.33 bits per heavy atom. The van der Waals surface area contributed by atoms with E-state index in [0.29, 0.717) is 19.1 Å². The second-order valence-electron chi connectivity index (χ2n) is 3.73. The van der Waals surface area contributed by atoms with Gasteiger partial charge < -0.3 is 10.2 Å². The normalized spacial score (nSPS) is 34.0. The number of rotatable bonds is 3. The van der Waals surface area contributed by atoms with Crippen molar-refractivity contribution < 1.29 is 10.2 Å². The molecule has 0 spiro atoms. The molecule has 1 fully saturated rings. The highest BCUT2D eigenvalue weighted by atomic mass is 16.3. The Morgan fingerprint density at radius 3 is 2.25 bits per heavy atom. The van der Waals surface area contributed by atoms with Gasteiger partial charge in [-0.3, -0.25) is 4.90 Å². The molecule has 0 aromatic rings. The molecule has 3 nitrogen and oxygen atoms in total. The van der Waals surface area contributed by atoms with Crippen LogP contribution in [0.25, 0.3) is 0 Å². The first-order valence-electron chi connectivity index (χ1n) is 4.75. The van der Waals surface area contributed by atoms with Crippen molar-refractivity contribution in [2.75, 3.05) is 13.1 Å². The van der Waals surface area contributed by atoms with Gasteiger partial charge in [-0.15, -0.1) is 0 Å². The first-order valence-corrected chi connectivity index (χ1v) is 4.75. The molecule has 1 saturated heterocycles. The Bertz CT molecular complexity index is 130. The summed E-state index contributed by atoms with van der Waals surface area (Å²) in [5.41, 5.74) is 0. The number of hydrogen-bond donors (Lipinski definition) is 2. The standard InChI is InChI=1S/C9H19NO2/c1-3-4-7(2)10-5-8(11)9(12)6-10/h7-9,11-12H,3-6H2,1-2H3/t7?,8-,9+. The zero-order chi connectivity index (χ0) is 9.14. The van der Waals surface area contributed by atoms with Gasteiger partial charge in [-0.05, 0) is 13.3 Å². The lowest BCUT2D eigenvalue weighted by molar-refractivity contribution is 0.0572. The fraction of sp³-hybridized carbons (Fsp3) is 1.00. The van der Waals surface area contributed by atoms with Gasteiger partial charge in [-0.2, -0.15) is 0 Å². The van der Waals surface area contributed by atoms with Crippen LogP contribution in [0.3, 0.4) is 0 Å². The van der Waals surface area contributed by atoms with Crippen LogP contribution in [0.5, 0.6) is 0 Å². The summed E-state index contributed by atoms with van der Waals surface area (Å²) in [6.07, 6.45) is 1.22. The van der Waals surface area contributed by atoms with E-state index in [0.717, 1.165) is 12.8 Å². The molecule has 3 atom stereocenters. The molecule has 0 amide bonds. The summed E-state index contributed by atoms with van der Waals surface area (Å²) in [4.78, 5) is 2.15. The monoisotopic (exact) mass is 173 g/mol. The van der Waals surface area contributed by atoms with Gasteiger partial charge in [-0.25, -0.2) is 0 Å². The highest BCUT2D eigenvalue weighted by molar-refractivity contribution is 4.85. The molecular weight excluding hydrogens is 154 g/mol. The summed E-state index contributed by atoms with van der Waals surface area (Å²) in [5.74, 6) is 0. The van der Waals surface area contributed by atoms with Crippen LogP contribution in [0.15, 0.2) is 0 Å². The van der Waals surface area contributed by atoms with Crippen molar-refractivity contribution in [2.24, 2.45) is 0 Å². The molecule has 72 valence electrons. The molecule has 0 radical (unpaired) electrons. The number of nitrogens with zero attached hydrogens (tertiary/aromatic N) is 1. The minimum Gasteiger partial charge on any atom is -0.389 e. The molecular formula is C9H19NO2. The van der Waals surface area contributed by atoms with E-state index < -0.39 is 12.2 Å². The fourth-order valence-electron chi connectivity index (χ4n) is 1.76. The average Bonchev–Trinajstić information content (AvgIpc) is 2.33. The summed E-state index contributed by atoms with van der Waals surface area (Å²) in [5, 5.41) is 18.6. The van der Waals surface area contributed by atoms with E-state index >= 15 is 0 Å². The molecule has 1 heterocycles. The fourth-order valence-corrected chi connectivity index (χ4v) is 1.76. The predicted molar refractivity (Wildman–Crippen MR) is 48.0 cm³/mol. The van der Waals surface area contributed by atoms with Gasteiger partial charge in [0.15, 0.2) is 0 Å². The Morgan fingerprint density at radius 2 is 1.83 bits per heavy atom. The van der Waals surface area contributed by atoms with Crippen molar-refractivity contribution in [3.05, 3.63) is 0 Å². The Hall–Kier alpha value is -0.120. The number of aliphatic hydroxyl groups is 2. The predicted octanol–water partition coefficient (Wildman–Crippen LogP) is 0.212. The summed E-state index contributed by atoms with van der Waals surface area (Å²) in [6, 6.07) is 0.488. The van der Waals surface area contributed by atoms with Crippen molar-refractivity contribution >= 4 is 0 Å². The second-order valence-corrected chi connectivity index (χ2v) is 3.73. The number of hydrogen-bond acceptors (Lipinski definition) is 3. The van der Waals surface area contributed by atoms with E-state index in [1.807, 2.05) is 0 Å². The molecule has 0 bridgehead atoms. The van der Waals surface area contributed by atoms with E-state index in [2.05, 4.69) is 18.7 Å². The average molecular weight is 173 g/mol. The van der Waals surface area contributed by atoms with E-state index in [1.165, 1.54) is 0 Å². The van der Waals surface area contributed by atoms with E-state index in [9.17, 15) is 10.2 Å². The maximum atomic E-state index is 9.29. The van der Waals surface area contributed by atoms with Crippen molar-refractivity contribution in [1.29, 1.82) is 0 Å². The molecule has 0 aliphatic carbocycles. The number of β-amino-alcohol motifs (C(OH)–C–C–N with tert-alkyl or cyclic N) is 2. The number of likely N-dealkylation sites (tertiary alicyclic amines) is 1. The topological polar surface area (TPSA) is 43.7 Å². The van der Waals surface area contributed by atoms with Crippen LogP contribution in [0.1, 0.15) is 26.7 Å². The summed E-state index contributed by atoms with van der Waals surface area (Å²) >= 11 is 0. The minimum atomic E-state index is -0.538. The van der Waals surface area contributed by atoms with Crippen LogP contribution in [0.2, 0.25) is 0 Å². The first kappa shape index (κ1) is 9.96. The molecule has 3 heteroatoms. The quantitative estimate of drug-likeness (QED) is 0.641. The van der Waals surface area contributed by atoms with Gasteiger partial charge >= 0.3 is 0 Å². The Balaban J connectivity index is 2.35. The molecule has 0 saturated carbocycles. The van der Waals surface area contributed by atoms with Crippen LogP contribution in [0, 0.1) is 0 Å². The van der Waals surface area contributed by atoms with E-state index in [-0.39, 0.29) is 0 Å². The molecule has 1 rings (SSSR count). The largest absolute Gasteiger partial charge is 0.389 e. The lowest BCUT2D eigenvalue weighted by Crippen LogP contribution is -2.31. The molecule has 12 heavy (non-hydrogen) atoms. The van der Waals surface area contributed by atoms with Crippen LogP contribution in [-0.2, 0) is 0 Å². The Kier molecular flexibility index (Phi) is 3.50. The SMILES string of the molecule is CCCC(C)N1C[C@@H](O)[C@@H](O)C1. The third kappa shape index (κ3) is 2.19. The molecule has 0 aromatic heterocycles. The summed E-state index contributed by atoms with van der Waals surface area (Å²) < 4.78 is 0. The van der Waals surface area contributed by atoms with Crippen LogP contribution in [-0.4, -0.2) is 46.5 Å². The maximum absolute atomic E-state index is 9.29. The van der Waals surface area contributed by atoms with Gasteiger partial charge in [0.1, 0.15) is 0 Å². The molecule has 0 aromatic carbocycles. The maximum Gasteiger partial charge on any atom is 0.0938 e. The third-order valence-electron chi connectivity index (χ3n) is 2.62. The molecule has 1 aliphatic heterocycles. The van der Waals surface area contributed by atoms with Crippen LogP contribution in [0.4, 0.5) is 0 Å². The van der Waals surface area contributed by atoms with E-state index in [1.54, 1.807) is 0 Å². The lowest BCUT2D eigenvalue weighted by Gasteiger charge is -2.22. The molecule has 2 N–H and O–H groups in total. The second kappa shape index (κ2) is 4.21. The zero-order valence-electron chi connectivity index (χ0n) is 7.90. The smallest absolute Gasteiger partial charge is 0.0938 e. The van der Waals surface area contributed by atoms with Crippen molar-refractivity contribution in [2.45, 2.75) is 44.9 Å². The lowest BCUT2D eigenvalue weighted by atomic mass is 10.2.